The summed E-state index contributed by atoms with van der Waals surface area (Å²) in [5.74, 6) is 0.998. The van der Waals surface area contributed by atoms with E-state index in [2.05, 4.69) is 40.3 Å². The summed E-state index contributed by atoms with van der Waals surface area (Å²) in [4.78, 5) is 27.3. The van der Waals surface area contributed by atoms with Gasteiger partial charge in [-0.2, -0.15) is 0 Å². The standard InChI is InChI=1S/C23H29BrN2O2S/c1-3-4-14-25-23(28)18(2)26(15-19-10-12-21(24)13-11-19)22(27)17-29-16-20-8-6-5-7-9-20/h5-13,18H,3-4,14-17H2,1-2H3,(H,25,28)/t18-/m1/s1. The van der Waals surface area contributed by atoms with Crippen molar-refractivity contribution < 1.29 is 9.59 Å². The van der Waals surface area contributed by atoms with Crippen LogP contribution < -0.4 is 5.32 Å². The predicted molar refractivity (Wildman–Crippen MR) is 125 cm³/mol. The van der Waals surface area contributed by atoms with Crippen LogP contribution in [-0.4, -0.2) is 35.1 Å². The molecule has 0 unspecified atom stereocenters. The second-order valence-electron chi connectivity index (χ2n) is 6.95. The first-order valence-corrected chi connectivity index (χ1v) is 11.9. The van der Waals surface area contributed by atoms with Gasteiger partial charge in [0.2, 0.25) is 11.8 Å². The van der Waals surface area contributed by atoms with Crippen LogP contribution in [-0.2, 0) is 21.9 Å². The van der Waals surface area contributed by atoms with Crippen molar-refractivity contribution in [2.75, 3.05) is 12.3 Å². The molecule has 0 aliphatic rings. The number of hydrogen-bond donors (Lipinski definition) is 1. The number of nitrogens with one attached hydrogen (secondary N) is 1. The van der Waals surface area contributed by atoms with Gasteiger partial charge in [0.1, 0.15) is 6.04 Å². The van der Waals surface area contributed by atoms with Crippen molar-refractivity contribution in [3.8, 4) is 0 Å². The van der Waals surface area contributed by atoms with Crippen LogP contribution in [0.1, 0.15) is 37.8 Å². The van der Waals surface area contributed by atoms with Gasteiger partial charge < -0.3 is 10.2 Å². The first kappa shape index (κ1) is 23.5. The number of rotatable bonds is 11. The lowest BCUT2D eigenvalue weighted by Gasteiger charge is -2.29. The summed E-state index contributed by atoms with van der Waals surface area (Å²) < 4.78 is 0.989. The fraction of sp³-hybridized carbons (Fsp3) is 0.391. The van der Waals surface area contributed by atoms with Gasteiger partial charge in [0, 0.05) is 23.3 Å². The maximum Gasteiger partial charge on any atom is 0.242 e. The average molecular weight is 477 g/mol. The number of carbonyl (C=O) groups excluding carboxylic acids is 2. The molecule has 0 heterocycles. The SMILES string of the molecule is CCCCNC(=O)[C@@H](C)N(Cc1ccc(Br)cc1)C(=O)CSCc1ccccc1. The van der Waals surface area contributed by atoms with E-state index in [-0.39, 0.29) is 11.8 Å². The Morgan fingerprint density at radius 2 is 1.76 bits per heavy atom. The number of hydrogen-bond acceptors (Lipinski definition) is 3. The maximum absolute atomic E-state index is 13.0. The van der Waals surface area contributed by atoms with Crippen LogP contribution in [0.15, 0.2) is 59.1 Å². The molecule has 0 radical (unpaired) electrons. The Morgan fingerprint density at radius 3 is 2.41 bits per heavy atom. The summed E-state index contributed by atoms with van der Waals surface area (Å²) in [5, 5.41) is 2.95. The molecule has 0 bridgehead atoms. The van der Waals surface area contributed by atoms with E-state index in [0.29, 0.717) is 18.8 Å². The molecule has 2 rings (SSSR count). The minimum absolute atomic E-state index is 0.0213. The zero-order valence-electron chi connectivity index (χ0n) is 17.1. The lowest BCUT2D eigenvalue weighted by molar-refractivity contribution is -0.138. The van der Waals surface area contributed by atoms with E-state index in [9.17, 15) is 9.59 Å². The Bertz CT molecular complexity index is 768. The normalized spacial score (nSPS) is 11.7. The summed E-state index contributed by atoms with van der Waals surface area (Å²) in [6, 6.07) is 17.4. The van der Waals surface area contributed by atoms with E-state index in [4.69, 9.17) is 0 Å². The van der Waals surface area contributed by atoms with Gasteiger partial charge in [-0.25, -0.2) is 0 Å². The van der Waals surface area contributed by atoms with Crippen molar-refractivity contribution in [1.82, 2.24) is 10.2 Å². The third kappa shape index (κ3) is 8.23. The topological polar surface area (TPSA) is 49.4 Å². The molecule has 2 aromatic rings. The first-order valence-electron chi connectivity index (χ1n) is 9.94. The zero-order chi connectivity index (χ0) is 21.1. The van der Waals surface area contributed by atoms with E-state index in [1.807, 2.05) is 42.5 Å². The van der Waals surface area contributed by atoms with Crippen molar-refractivity contribution >= 4 is 39.5 Å². The van der Waals surface area contributed by atoms with E-state index in [1.54, 1.807) is 23.6 Å². The average Bonchev–Trinajstić information content (AvgIpc) is 2.73. The molecular formula is C23H29BrN2O2S. The van der Waals surface area contributed by atoms with E-state index >= 15 is 0 Å². The van der Waals surface area contributed by atoms with Crippen LogP contribution in [0.25, 0.3) is 0 Å². The van der Waals surface area contributed by atoms with Gasteiger partial charge in [-0.05, 0) is 36.6 Å². The van der Waals surface area contributed by atoms with Crippen molar-refractivity contribution in [2.45, 2.75) is 45.0 Å². The smallest absolute Gasteiger partial charge is 0.242 e. The van der Waals surface area contributed by atoms with Gasteiger partial charge in [-0.1, -0.05) is 71.7 Å². The minimum atomic E-state index is -0.514. The third-order valence-corrected chi connectivity index (χ3v) is 6.12. The van der Waals surface area contributed by atoms with Crippen LogP contribution in [0.2, 0.25) is 0 Å². The molecule has 29 heavy (non-hydrogen) atoms. The number of benzene rings is 2. The Kier molecular flexibility index (Phi) is 10.3. The predicted octanol–water partition coefficient (Wildman–Crippen LogP) is 5.02. The molecule has 0 saturated carbocycles. The number of nitrogens with zero attached hydrogens (tertiary/aromatic N) is 1. The molecule has 0 fully saturated rings. The van der Waals surface area contributed by atoms with E-state index in [1.165, 1.54) is 5.56 Å². The summed E-state index contributed by atoms with van der Waals surface area (Å²) in [7, 11) is 0. The molecule has 156 valence electrons. The van der Waals surface area contributed by atoms with Gasteiger partial charge in [0.05, 0.1) is 5.75 Å². The molecule has 2 aromatic carbocycles. The molecule has 6 heteroatoms. The van der Waals surface area contributed by atoms with Gasteiger partial charge in [0.15, 0.2) is 0 Å². The largest absolute Gasteiger partial charge is 0.354 e. The van der Waals surface area contributed by atoms with Gasteiger partial charge >= 0.3 is 0 Å². The second kappa shape index (κ2) is 12.7. The molecule has 1 atom stereocenters. The van der Waals surface area contributed by atoms with Gasteiger partial charge in [-0.15, -0.1) is 11.8 Å². The molecule has 1 N–H and O–H groups in total. The van der Waals surface area contributed by atoms with Crippen molar-refractivity contribution in [3.63, 3.8) is 0 Å². The van der Waals surface area contributed by atoms with Crippen LogP contribution in [0, 0.1) is 0 Å². The van der Waals surface area contributed by atoms with Crippen LogP contribution >= 0.6 is 27.7 Å². The third-order valence-electron chi connectivity index (χ3n) is 4.60. The highest BCUT2D eigenvalue weighted by Gasteiger charge is 2.25. The number of thioether (sulfide) groups is 1. The van der Waals surface area contributed by atoms with Crippen molar-refractivity contribution in [2.24, 2.45) is 0 Å². The maximum atomic E-state index is 13.0. The lowest BCUT2D eigenvalue weighted by atomic mass is 10.1. The highest BCUT2D eigenvalue weighted by molar-refractivity contribution is 9.10. The van der Waals surface area contributed by atoms with Crippen LogP contribution in [0.3, 0.4) is 0 Å². The fourth-order valence-corrected chi connectivity index (χ4v) is 3.95. The molecule has 0 aliphatic heterocycles. The molecule has 0 aromatic heterocycles. The summed E-state index contributed by atoms with van der Waals surface area (Å²) >= 11 is 5.01. The second-order valence-corrected chi connectivity index (χ2v) is 8.85. The summed E-state index contributed by atoms with van der Waals surface area (Å²) in [5.41, 5.74) is 2.19. The Labute approximate surface area is 186 Å². The number of halogens is 1. The van der Waals surface area contributed by atoms with E-state index in [0.717, 1.165) is 28.6 Å². The molecule has 0 saturated heterocycles. The Hall–Kier alpha value is -1.79. The molecule has 0 aliphatic carbocycles. The highest BCUT2D eigenvalue weighted by atomic mass is 79.9. The zero-order valence-corrected chi connectivity index (χ0v) is 19.5. The Balaban J connectivity index is 2.02. The quantitative estimate of drug-likeness (QED) is 0.463. The molecular weight excluding hydrogens is 448 g/mol. The monoisotopic (exact) mass is 476 g/mol. The van der Waals surface area contributed by atoms with Gasteiger partial charge in [-0.3, -0.25) is 9.59 Å². The molecule has 2 amide bonds. The lowest BCUT2D eigenvalue weighted by Crippen LogP contribution is -2.48. The molecule has 0 spiro atoms. The number of amides is 2. The fourth-order valence-electron chi connectivity index (χ4n) is 2.82. The van der Waals surface area contributed by atoms with Crippen LogP contribution in [0.5, 0.6) is 0 Å². The van der Waals surface area contributed by atoms with Crippen molar-refractivity contribution in [1.29, 1.82) is 0 Å². The highest BCUT2D eigenvalue weighted by Crippen LogP contribution is 2.17. The van der Waals surface area contributed by atoms with E-state index < -0.39 is 6.04 Å². The number of unbranched alkanes of at least 4 members (excludes halogenated alkanes) is 1. The summed E-state index contributed by atoms with van der Waals surface area (Å²) in [6.07, 6.45) is 1.96. The first-order chi connectivity index (χ1) is 14.0. The van der Waals surface area contributed by atoms with Crippen molar-refractivity contribution in [3.05, 3.63) is 70.2 Å². The summed E-state index contributed by atoms with van der Waals surface area (Å²) in [6.45, 7) is 4.95. The number of carbonyl (C=O) groups is 2. The van der Waals surface area contributed by atoms with Crippen LogP contribution in [0.4, 0.5) is 0 Å². The van der Waals surface area contributed by atoms with Gasteiger partial charge in [0.25, 0.3) is 0 Å². The molecule has 4 nitrogen and oxygen atoms in total. The Morgan fingerprint density at radius 1 is 1.07 bits per heavy atom. The minimum Gasteiger partial charge on any atom is -0.354 e.